The highest BCUT2D eigenvalue weighted by atomic mass is 35.5. The number of likely N-dealkylation sites (N-methyl/N-ethyl adjacent to an activating group) is 1. The van der Waals surface area contributed by atoms with Crippen molar-refractivity contribution < 1.29 is 19.1 Å². The van der Waals surface area contributed by atoms with Crippen molar-refractivity contribution in [3.63, 3.8) is 0 Å². The van der Waals surface area contributed by atoms with Crippen molar-refractivity contribution in [1.82, 2.24) is 15.2 Å². The number of aromatic nitrogens is 1. The molecule has 9 heteroatoms. The lowest BCUT2D eigenvalue weighted by molar-refractivity contribution is -0.126. The molecule has 8 nitrogen and oxygen atoms in total. The first kappa shape index (κ1) is 27.6. The molecule has 1 aromatic rings. The highest BCUT2D eigenvalue weighted by Gasteiger charge is 2.33. The van der Waals surface area contributed by atoms with E-state index < -0.39 is 6.04 Å². The molecule has 1 atom stereocenters. The van der Waals surface area contributed by atoms with E-state index in [0.717, 1.165) is 43.4 Å². The summed E-state index contributed by atoms with van der Waals surface area (Å²) in [6.45, 7) is 8.24. The van der Waals surface area contributed by atoms with Crippen LogP contribution in [0.5, 0.6) is 0 Å². The molecule has 2 N–H and O–H groups in total. The van der Waals surface area contributed by atoms with Crippen LogP contribution in [-0.2, 0) is 19.1 Å². The summed E-state index contributed by atoms with van der Waals surface area (Å²) in [5.41, 5.74) is 2.56. The Balaban J connectivity index is 1.55. The first-order valence-electron chi connectivity index (χ1n) is 12.2. The average molecular weight is 515 g/mol. The van der Waals surface area contributed by atoms with Gasteiger partial charge in [0.25, 0.3) is 5.91 Å². The summed E-state index contributed by atoms with van der Waals surface area (Å²) in [5.74, 6) is 0.269. The fourth-order valence-electron chi connectivity index (χ4n) is 4.53. The van der Waals surface area contributed by atoms with Crippen molar-refractivity contribution in [2.75, 3.05) is 25.6 Å². The zero-order chi connectivity index (χ0) is 26.2. The average Bonchev–Trinajstić information content (AvgIpc) is 2.85. The monoisotopic (exact) mass is 514 g/mol. The fourth-order valence-corrected chi connectivity index (χ4v) is 4.65. The van der Waals surface area contributed by atoms with Crippen LogP contribution in [0.2, 0.25) is 5.02 Å². The summed E-state index contributed by atoms with van der Waals surface area (Å²) in [5, 5.41) is 6.31. The molecule has 2 amide bonds. The molecule has 1 fully saturated rings. The summed E-state index contributed by atoms with van der Waals surface area (Å²) in [6, 6.07) is 2.60. The van der Waals surface area contributed by atoms with Gasteiger partial charge in [0, 0.05) is 24.9 Å². The van der Waals surface area contributed by atoms with Crippen LogP contribution < -0.4 is 10.6 Å². The Morgan fingerprint density at radius 2 is 1.81 bits per heavy atom. The van der Waals surface area contributed by atoms with Gasteiger partial charge in [-0.05, 0) is 76.2 Å². The SMILES string of the molecule is C=C(CCOCC(C)=O)C1CCC(C(=O)NC2=CC=C(C)N(C)C2C(=O)Nc2ccc(Cl)cn2)CC1. The molecule has 36 heavy (non-hydrogen) atoms. The van der Waals surface area contributed by atoms with Crippen molar-refractivity contribution in [1.29, 1.82) is 0 Å². The van der Waals surface area contributed by atoms with Gasteiger partial charge >= 0.3 is 0 Å². The van der Waals surface area contributed by atoms with Gasteiger partial charge in [-0.15, -0.1) is 0 Å². The maximum absolute atomic E-state index is 13.2. The maximum atomic E-state index is 13.2. The molecule has 1 saturated carbocycles. The molecule has 194 valence electrons. The van der Waals surface area contributed by atoms with E-state index in [2.05, 4.69) is 22.2 Å². The molecule has 1 aromatic heterocycles. The number of allylic oxidation sites excluding steroid dienone is 3. The number of carbonyl (C=O) groups is 3. The Labute approximate surface area is 217 Å². The van der Waals surface area contributed by atoms with Gasteiger partial charge in [0.2, 0.25) is 5.91 Å². The normalized spacial score (nSPS) is 21.8. The third-order valence-corrected chi connectivity index (χ3v) is 7.01. The van der Waals surface area contributed by atoms with Crippen molar-refractivity contribution in [2.45, 2.75) is 52.0 Å². The van der Waals surface area contributed by atoms with Gasteiger partial charge in [-0.1, -0.05) is 23.8 Å². The summed E-state index contributed by atoms with van der Waals surface area (Å²) in [7, 11) is 1.82. The quantitative estimate of drug-likeness (QED) is 0.357. The lowest BCUT2D eigenvalue weighted by atomic mass is 9.77. The number of halogens is 1. The number of hydrogen-bond acceptors (Lipinski definition) is 6. The van der Waals surface area contributed by atoms with Crippen LogP contribution in [0.3, 0.4) is 0 Å². The first-order valence-corrected chi connectivity index (χ1v) is 12.6. The standard InChI is InChI=1S/C27H35ClN4O4/c1-17(13-14-36-16-19(3)33)20-6-8-21(9-7-20)26(34)30-23-11-5-18(2)32(4)25(23)27(35)31-24-12-10-22(28)15-29-24/h5,10-12,15,20-21,25H,1,6-9,13-14,16H2,2-4H3,(H,30,34)(H,29,31,35). The largest absolute Gasteiger partial charge is 0.373 e. The second-order valence-corrected chi connectivity index (χ2v) is 9.93. The summed E-state index contributed by atoms with van der Waals surface area (Å²) in [6.07, 6.45) is 9.15. The lowest BCUT2D eigenvalue weighted by Crippen LogP contribution is -2.49. The van der Waals surface area contributed by atoms with Gasteiger partial charge in [-0.3, -0.25) is 14.4 Å². The molecule has 0 saturated heterocycles. The van der Waals surface area contributed by atoms with E-state index in [-0.39, 0.29) is 30.1 Å². The van der Waals surface area contributed by atoms with Gasteiger partial charge in [0.1, 0.15) is 18.5 Å². The van der Waals surface area contributed by atoms with Crippen molar-refractivity contribution in [3.8, 4) is 0 Å². The minimum absolute atomic E-state index is 0.0124. The number of ether oxygens (including phenoxy) is 1. The third kappa shape index (κ3) is 7.51. The molecule has 0 bridgehead atoms. The van der Waals surface area contributed by atoms with Gasteiger partial charge < -0.3 is 20.3 Å². The van der Waals surface area contributed by atoms with Gasteiger partial charge in [0.15, 0.2) is 5.78 Å². The number of ketones is 1. The summed E-state index contributed by atoms with van der Waals surface area (Å²) >= 11 is 5.89. The van der Waals surface area contributed by atoms with Gasteiger partial charge in [-0.25, -0.2) is 4.98 Å². The predicted molar refractivity (Wildman–Crippen MR) is 140 cm³/mol. The minimum atomic E-state index is -0.692. The van der Waals surface area contributed by atoms with Crippen molar-refractivity contribution in [2.24, 2.45) is 11.8 Å². The molecular formula is C27H35ClN4O4. The Morgan fingerprint density at radius 3 is 2.44 bits per heavy atom. The first-order chi connectivity index (χ1) is 17.2. The van der Waals surface area contributed by atoms with Crippen LogP contribution in [-0.4, -0.2) is 53.8 Å². The molecule has 1 unspecified atom stereocenters. The predicted octanol–water partition coefficient (Wildman–Crippen LogP) is 4.25. The van der Waals surface area contributed by atoms with E-state index in [1.807, 2.05) is 24.9 Å². The zero-order valence-electron chi connectivity index (χ0n) is 21.2. The number of anilines is 1. The van der Waals surface area contributed by atoms with E-state index in [1.54, 1.807) is 18.2 Å². The van der Waals surface area contributed by atoms with Crippen molar-refractivity contribution >= 4 is 35.0 Å². The number of nitrogens with zero attached hydrogens (tertiary/aromatic N) is 2. The zero-order valence-corrected chi connectivity index (χ0v) is 21.9. The number of amides is 2. The fraction of sp³-hybridized carbons (Fsp3) is 0.481. The lowest BCUT2D eigenvalue weighted by Gasteiger charge is -2.35. The van der Waals surface area contributed by atoms with E-state index in [4.69, 9.17) is 16.3 Å². The van der Waals surface area contributed by atoms with Crippen LogP contribution in [0.1, 0.15) is 46.0 Å². The minimum Gasteiger partial charge on any atom is -0.373 e. The smallest absolute Gasteiger partial charge is 0.254 e. The highest BCUT2D eigenvalue weighted by Crippen LogP contribution is 2.34. The van der Waals surface area contributed by atoms with Gasteiger partial charge in [0.05, 0.1) is 17.3 Å². The molecule has 0 spiro atoms. The molecule has 3 rings (SSSR count). The number of carbonyl (C=O) groups excluding carboxylic acids is 3. The van der Waals surface area contributed by atoms with Crippen LogP contribution in [0.25, 0.3) is 0 Å². The van der Waals surface area contributed by atoms with Crippen molar-refractivity contribution in [3.05, 3.63) is 59.1 Å². The highest BCUT2D eigenvalue weighted by molar-refractivity contribution is 6.30. The Hall–Kier alpha value is -2.97. The van der Waals surface area contributed by atoms with E-state index >= 15 is 0 Å². The molecule has 2 aliphatic rings. The van der Waals surface area contributed by atoms with Gasteiger partial charge in [-0.2, -0.15) is 0 Å². The van der Waals surface area contributed by atoms with E-state index in [9.17, 15) is 14.4 Å². The van der Waals surface area contributed by atoms with Crippen LogP contribution in [0.4, 0.5) is 5.82 Å². The van der Waals surface area contributed by atoms with E-state index in [1.165, 1.54) is 13.1 Å². The molecule has 2 heterocycles. The maximum Gasteiger partial charge on any atom is 0.254 e. The topological polar surface area (TPSA) is 101 Å². The Bertz CT molecular complexity index is 1040. The van der Waals surface area contributed by atoms with Crippen LogP contribution in [0.15, 0.2) is 54.0 Å². The Morgan fingerprint density at radius 1 is 1.11 bits per heavy atom. The molecule has 1 aliphatic heterocycles. The molecular weight excluding hydrogens is 480 g/mol. The third-order valence-electron chi connectivity index (χ3n) is 6.79. The molecule has 0 radical (unpaired) electrons. The van der Waals surface area contributed by atoms with Crippen LogP contribution >= 0.6 is 11.6 Å². The summed E-state index contributed by atoms with van der Waals surface area (Å²) < 4.78 is 5.36. The summed E-state index contributed by atoms with van der Waals surface area (Å²) in [4.78, 5) is 43.3. The Kier molecular flexibility index (Phi) is 9.84. The second kappa shape index (κ2) is 12.8. The number of Topliss-reactive ketones (excluding diaryl/α,β-unsaturated/α-hetero) is 1. The van der Waals surface area contributed by atoms with E-state index in [0.29, 0.717) is 29.1 Å². The number of pyridine rings is 1. The second-order valence-electron chi connectivity index (χ2n) is 9.50. The molecule has 0 aromatic carbocycles. The van der Waals surface area contributed by atoms with Crippen LogP contribution in [0, 0.1) is 11.8 Å². The number of hydrogen-bond donors (Lipinski definition) is 2. The number of nitrogens with one attached hydrogen (secondary N) is 2. The number of rotatable bonds is 10. The molecule has 1 aliphatic carbocycles.